The highest BCUT2D eigenvalue weighted by Gasteiger charge is 2.33. The number of carbonyl (C=O) groups excluding carboxylic acids is 1. The minimum atomic E-state index is -0.755. The van der Waals surface area contributed by atoms with Crippen molar-refractivity contribution in [2.75, 3.05) is 27.2 Å². The van der Waals surface area contributed by atoms with E-state index in [-0.39, 0.29) is 5.91 Å². The molecule has 118 valence electrons. The standard InChI is InChI=1S/C15H26N4O2/c1-17(2)14(20)5-7-15(21)6-4-9-19(12-15)11-13-16-8-10-18(13)3/h8,10,21H,4-7,9,11-12H2,1-3H3/t15-/m1/s1. The second-order valence-electron chi connectivity index (χ2n) is 6.28. The SMILES string of the molecule is CN(C)C(=O)CC[C@]1(O)CCCN(Cc2nccn2C)C1. The van der Waals surface area contributed by atoms with Crippen LogP contribution in [0.2, 0.25) is 0 Å². The summed E-state index contributed by atoms with van der Waals surface area (Å²) < 4.78 is 2.00. The van der Waals surface area contributed by atoms with E-state index in [4.69, 9.17) is 0 Å². The van der Waals surface area contributed by atoms with E-state index in [0.717, 1.165) is 31.8 Å². The van der Waals surface area contributed by atoms with Gasteiger partial charge in [0.05, 0.1) is 12.1 Å². The predicted octanol–water partition coefficient (Wildman–Crippen LogP) is 0.615. The molecule has 0 aliphatic carbocycles. The first-order chi connectivity index (χ1) is 9.89. The quantitative estimate of drug-likeness (QED) is 0.864. The molecule has 1 aromatic rings. The van der Waals surface area contributed by atoms with Gasteiger partial charge in [-0.15, -0.1) is 0 Å². The number of aliphatic hydroxyl groups is 1. The first-order valence-corrected chi connectivity index (χ1v) is 7.51. The maximum Gasteiger partial charge on any atom is 0.222 e. The van der Waals surface area contributed by atoms with E-state index in [1.165, 1.54) is 0 Å². The van der Waals surface area contributed by atoms with Gasteiger partial charge in [-0.2, -0.15) is 0 Å². The molecule has 1 saturated heterocycles. The van der Waals surface area contributed by atoms with Crippen molar-refractivity contribution in [2.24, 2.45) is 7.05 Å². The van der Waals surface area contributed by atoms with E-state index in [2.05, 4.69) is 9.88 Å². The fraction of sp³-hybridized carbons (Fsp3) is 0.733. The zero-order valence-electron chi connectivity index (χ0n) is 13.2. The topological polar surface area (TPSA) is 61.6 Å². The third kappa shape index (κ3) is 4.28. The van der Waals surface area contributed by atoms with Crippen LogP contribution < -0.4 is 0 Å². The van der Waals surface area contributed by atoms with Crippen LogP contribution in [0.5, 0.6) is 0 Å². The minimum Gasteiger partial charge on any atom is -0.389 e. The Balaban J connectivity index is 1.90. The largest absolute Gasteiger partial charge is 0.389 e. The minimum absolute atomic E-state index is 0.0737. The molecule has 1 atom stereocenters. The molecular formula is C15H26N4O2. The van der Waals surface area contributed by atoms with Gasteiger partial charge >= 0.3 is 0 Å². The molecule has 1 fully saturated rings. The van der Waals surface area contributed by atoms with E-state index in [0.29, 0.717) is 19.4 Å². The molecule has 2 rings (SSSR count). The number of β-amino-alcohol motifs (C(OH)–C–C–N with tert-alkyl or cyclic N) is 1. The van der Waals surface area contributed by atoms with Crippen molar-refractivity contribution in [1.29, 1.82) is 0 Å². The van der Waals surface area contributed by atoms with Gasteiger partial charge < -0.3 is 14.6 Å². The van der Waals surface area contributed by atoms with Gasteiger partial charge in [0.15, 0.2) is 0 Å². The normalized spacial score (nSPS) is 23.2. The molecule has 6 nitrogen and oxygen atoms in total. The zero-order valence-corrected chi connectivity index (χ0v) is 13.2. The summed E-state index contributed by atoms with van der Waals surface area (Å²) in [5, 5.41) is 10.7. The van der Waals surface area contributed by atoms with Crippen LogP contribution in [0, 0.1) is 0 Å². The summed E-state index contributed by atoms with van der Waals surface area (Å²) in [7, 11) is 5.48. The van der Waals surface area contributed by atoms with Crippen LogP contribution in [0.15, 0.2) is 12.4 Å². The fourth-order valence-corrected chi connectivity index (χ4v) is 2.86. The Morgan fingerprint density at radius 2 is 2.29 bits per heavy atom. The highest BCUT2D eigenvalue weighted by molar-refractivity contribution is 5.75. The number of imidazole rings is 1. The van der Waals surface area contributed by atoms with Crippen molar-refractivity contribution in [1.82, 2.24) is 19.4 Å². The number of hydrogen-bond donors (Lipinski definition) is 1. The molecule has 0 aromatic carbocycles. The molecule has 0 radical (unpaired) electrons. The Kier molecular flexibility index (Phi) is 5.00. The number of likely N-dealkylation sites (tertiary alicyclic amines) is 1. The van der Waals surface area contributed by atoms with Crippen molar-refractivity contribution in [3.05, 3.63) is 18.2 Å². The van der Waals surface area contributed by atoms with E-state index in [1.807, 2.05) is 17.8 Å². The first-order valence-electron chi connectivity index (χ1n) is 7.51. The lowest BCUT2D eigenvalue weighted by molar-refractivity contribution is -0.130. The van der Waals surface area contributed by atoms with E-state index in [9.17, 15) is 9.90 Å². The average Bonchev–Trinajstić information content (AvgIpc) is 2.82. The van der Waals surface area contributed by atoms with Gasteiger partial charge in [-0.05, 0) is 25.8 Å². The molecule has 1 aromatic heterocycles. The lowest BCUT2D eigenvalue weighted by Gasteiger charge is -2.39. The number of rotatable bonds is 5. The van der Waals surface area contributed by atoms with Gasteiger partial charge in [0.2, 0.25) is 5.91 Å². The third-order valence-electron chi connectivity index (χ3n) is 4.22. The smallest absolute Gasteiger partial charge is 0.222 e. The van der Waals surface area contributed by atoms with Crippen LogP contribution in [-0.4, -0.2) is 63.2 Å². The number of carbonyl (C=O) groups is 1. The second-order valence-corrected chi connectivity index (χ2v) is 6.28. The van der Waals surface area contributed by atoms with Crippen LogP contribution in [0.3, 0.4) is 0 Å². The van der Waals surface area contributed by atoms with Crippen molar-refractivity contribution in [2.45, 2.75) is 37.8 Å². The molecule has 0 saturated carbocycles. The summed E-state index contributed by atoms with van der Waals surface area (Å²) in [6.07, 6.45) is 6.38. The van der Waals surface area contributed by atoms with Crippen LogP contribution in [0.1, 0.15) is 31.5 Å². The van der Waals surface area contributed by atoms with Gasteiger partial charge in [0.1, 0.15) is 5.82 Å². The molecule has 1 N–H and O–H groups in total. The first kappa shape index (κ1) is 16.0. The predicted molar refractivity (Wildman–Crippen MR) is 80.6 cm³/mol. The molecule has 0 unspecified atom stereocenters. The Morgan fingerprint density at radius 1 is 1.52 bits per heavy atom. The van der Waals surface area contributed by atoms with Gasteiger partial charge in [-0.25, -0.2) is 4.98 Å². The molecule has 21 heavy (non-hydrogen) atoms. The van der Waals surface area contributed by atoms with Crippen LogP contribution in [0.4, 0.5) is 0 Å². The summed E-state index contributed by atoms with van der Waals surface area (Å²) in [6, 6.07) is 0. The van der Waals surface area contributed by atoms with E-state index >= 15 is 0 Å². The molecule has 1 amide bonds. The molecule has 0 bridgehead atoms. The maximum atomic E-state index is 11.7. The van der Waals surface area contributed by atoms with Gasteiger partial charge in [0, 0.05) is 46.5 Å². The lowest BCUT2D eigenvalue weighted by atomic mass is 9.88. The van der Waals surface area contributed by atoms with Crippen molar-refractivity contribution in [3.8, 4) is 0 Å². The Hall–Kier alpha value is -1.40. The number of hydrogen-bond acceptors (Lipinski definition) is 4. The number of nitrogens with zero attached hydrogens (tertiary/aromatic N) is 4. The average molecular weight is 294 g/mol. The monoisotopic (exact) mass is 294 g/mol. The van der Waals surface area contributed by atoms with Crippen molar-refractivity contribution < 1.29 is 9.90 Å². The highest BCUT2D eigenvalue weighted by atomic mass is 16.3. The molecule has 2 heterocycles. The number of amides is 1. The van der Waals surface area contributed by atoms with E-state index < -0.39 is 5.60 Å². The van der Waals surface area contributed by atoms with Crippen LogP contribution >= 0.6 is 0 Å². The summed E-state index contributed by atoms with van der Waals surface area (Å²) in [5.41, 5.74) is -0.755. The number of aryl methyl sites for hydroxylation is 1. The van der Waals surface area contributed by atoms with E-state index in [1.54, 1.807) is 25.2 Å². The Bertz CT molecular complexity index is 486. The number of aromatic nitrogens is 2. The summed E-state index contributed by atoms with van der Waals surface area (Å²) in [6.45, 7) is 2.32. The second kappa shape index (κ2) is 6.58. The molecule has 1 aliphatic rings. The molecule has 1 aliphatic heterocycles. The van der Waals surface area contributed by atoms with Gasteiger partial charge in [0.25, 0.3) is 0 Å². The summed E-state index contributed by atoms with van der Waals surface area (Å²) in [5.74, 6) is 1.08. The zero-order chi connectivity index (χ0) is 15.5. The van der Waals surface area contributed by atoms with Gasteiger partial charge in [-0.1, -0.05) is 0 Å². The molecular weight excluding hydrogens is 268 g/mol. The molecule has 0 spiro atoms. The Labute approximate surface area is 126 Å². The summed E-state index contributed by atoms with van der Waals surface area (Å²) in [4.78, 5) is 19.8. The lowest BCUT2D eigenvalue weighted by Crippen LogP contribution is -2.48. The van der Waals surface area contributed by atoms with Gasteiger partial charge in [-0.3, -0.25) is 9.69 Å². The molecule has 6 heteroatoms. The van der Waals surface area contributed by atoms with Crippen LogP contribution in [0.25, 0.3) is 0 Å². The van der Waals surface area contributed by atoms with Crippen molar-refractivity contribution >= 4 is 5.91 Å². The summed E-state index contributed by atoms with van der Waals surface area (Å²) >= 11 is 0. The Morgan fingerprint density at radius 3 is 2.90 bits per heavy atom. The maximum absolute atomic E-state index is 11.7. The van der Waals surface area contributed by atoms with Crippen molar-refractivity contribution in [3.63, 3.8) is 0 Å². The fourth-order valence-electron chi connectivity index (χ4n) is 2.86. The van der Waals surface area contributed by atoms with Crippen LogP contribution in [-0.2, 0) is 18.4 Å². The highest BCUT2D eigenvalue weighted by Crippen LogP contribution is 2.26. The third-order valence-corrected chi connectivity index (χ3v) is 4.22. The number of piperidine rings is 1.